The van der Waals surface area contributed by atoms with Gasteiger partial charge in [0.05, 0.1) is 0 Å². The summed E-state index contributed by atoms with van der Waals surface area (Å²) >= 11 is 0. The molecule has 1 heterocycles. The van der Waals surface area contributed by atoms with E-state index in [0.29, 0.717) is 11.8 Å². The van der Waals surface area contributed by atoms with Gasteiger partial charge in [-0.05, 0) is 69.0 Å². The van der Waals surface area contributed by atoms with Gasteiger partial charge in [-0.2, -0.15) is 0 Å². The molecule has 1 amide bonds. The molecule has 1 aliphatic heterocycles. The second kappa shape index (κ2) is 7.82. The summed E-state index contributed by atoms with van der Waals surface area (Å²) in [7, 11) is 1.96. The van der Waals surface area contributed by atoms with Crippen LogP contribution in [-0.4, -0.2) is 43.6 Å². The Morgan fingerprint density at radius 2 is 2.13 bits per heavy atom. The number of hydrogen-bond donors (Lipinski definition) is 1. The Morgan fingerprint density at radius 1 is 1.39 bits per heavy atom. The Bertz CT molecular complexity index is 542. The van der Waals surface area contributed by atoms with E-state index in [1.807, 2.05) is 31.0 Å². The summed E-state index contributed by atoms with van der Waals surface area (Å²) in [5, 5.41) is 3.19. The number of ether oxygens (including phenoxy) is 1. The van der Waals surface area contributed by atoms with Crippen LogP contribution < -0.4 is 10.1 Å². The van der Waals surface area contributed by atoms with Crippen LogP contribution >= 0.6 is 0 Å². The van der Waals surface area contributed by atoms with Crippen LogP contribution in [0.4, 0.5) is 0 Å². The van der Waals surface area contributed by atoms with Crippen LogP contribution in [0, 0.1) is 12.8 Å². The Balaban J connectivity index is 1.95. The maximum atomic E-state index is 12.5. The number of hydrogen-bond acceptors (Lipinski definition) is 3. The van der Waals surface area contributed by atoms with Crippen molar-refractivity contribution in [2.45, 2.75) is 46.1 Å². The van der Waals surface area contributed by atoms with E-state index in [9.17, 15) is 4.79 Å². The lowest BCUT2D eigenvalue weighted by atomic mass is 9.98. The van der Waals surface area contributed by atoms with Crippen molar-refractivity contribution in [3.05, 3.63) is 29.3 Å². The maximum Gasteiger partial charge on any atom is 0.263 e. The lowest BCUT2D eigenvalue weighted by molar-refractivity contribution is -0.137. The molecule has 4 heteroatoms. The third kappa shape index (κ3) is 4.47. The highest BCUT2D eigenvalue weighted by atomic mass is 16.5. The summed E-state index contributed by atoms with van der Waals surface area (Å²) in [5.74, 6) is 1.92. The molecule has 1 aromatic rings. The summed E-state index contributed by atoms with van der Waals surface area (Å²) in [5.41, 5.74) is 2.54. The number of nitrogens with one attached hydrogen (secondary N) is 1. The summed E-state index contributed by atoms with van der Waals surface area (Å²) in [4.78, 5) is 14.5. The first-order valence-electron chi connectivity index (χ1n) is 8.63. The van der Waals surface area contributed by atoms with E-state index in [-0.39, 0.29) is 5.91 Å². The van der Waals surface area contributed by atoms with Crippen molar-refractivity contribution in [3.8, 4) is 5.75 Å². The lowest BCUT2D eigenvalue weighted by Crippen LogP contribution is -2.39. The van der Waals surface area contributed by atoms with E-state index in [1.54, 1.807) is 0 Å². The molecule has 23 heavy (non-hydrogen) atoms. The number of carbonyl (C=O) groups excluding carboxylic acids is 1. The highest BCUT2D eigenvalue weighted by molar-refractivity contribution is 5.81. The predicted octanol–water partition coefficient (Wildman–Crippen LogP) is 2.95. The molecule has 2 rings (SSSR count). The molecule has 0 saturated carbocycles. The molecule has 0 radical (unpaired) electrons. The number of rotatable bonds is 6. The number of amides is 1. The van der Waals surface area contributed by atoms with Crippen LogP contribution in [-0.2, 0) is 4.79 Å². The second-order valence-corrected chi connectivity index (χ2v) is 6.93. The average molecular weight is 318 g/mol. The largest absolute Gasteiger partial charge is 0.481 e. The maximum absolute atomic E-state index is 12.5. The molecule has 0 unspecified atom stereocenters. The molecule has 1 fully saturated rings. The first-order valence-corrected chi connectivity index (χ1v) is 8.63. The van der Waals surface area contributed by atoms with Crippen molar-refractivity contribution in [3.63, 3.8) is 0 Å². The number of carbonyl (C=O) groups is 1. The van der Waals surface area contributed by atoms with Crippen molar-refractivity contribution in [1.82, 2.24) is 10.2 Å². The minimum absolute atomic E-state index is 0.0918. The van der Waals surface area contributed by atoms with Crippen LogP contribution in [0.2, 0.25) is 0 Å². The Morgan fingerprint density at radius 3 is 2.74 bits per heavy atom. The van der Waals surface area contributed by atoms with Gasteiger partial charge in [0.25, 0.3) is 5.91 Å². The van der Waals surface area contributed by atoms with Gasteiger partial charge in [0.2, 0.25) is 0 Å². The molecule has 1 N–H and O–H groups in total. The topological polar surface area (TPSA) is 41.6 Å². The molecule has 2 atom stereocenters. The highest BCUT2D eigenvalue weighted by Gasteiger charge is 2.29. The van der Waals surface area contributed by atoms with Gasteiger partial charge >= 0.3 is 0 Å². The van der Waals surface area contributed by atoms with Gasteiger partial charge in [-0.3, -0.25) is 4.79 Å². The number of aryl methyl sites for hydroxylation is 1. The smallest absolute Gasteiger partial charge is 0.263 e. The average Bonchev–Trinajstić information content (AvgIpc) is 2.95. The van der Waals surface area contributed by atoms with E-state index in [2.05, 4.69) is 32.2 Å². The number of benzene rings is 1. The number of likely N-dealkylation sites (tertiary alicyclic amines) is 1. The zero-order valence-electron chi connectivity index (χ0n) is 15.1. The van der Waals surface area contributed by atoms with Gasteiger partial charge in [-0.15, -0.1) is 0 Å². The molecule has 0 bridgehead atoms. The second-order valence-electron chi connectivity index (χ2n) is 6.93. The molecule has 1 saturated heterocycles. The van der Waals surface area contributed by atoms with E-state index in [1.165, 1.54) is 11.1 Å². The first kappa shape index (κ1) is 17.8. The zero-order valence-corrected chi connectivity index (χ0v) is 15.1. The molecule has 0 aliphatic carbocycles. The molecule has 0 spiro atoms. The predicted molar refractivity (Wildman–Crippen MR) is 94.0 cm³/mol. The van der Waals surface area contributed by atoms with Crippen molar-refractivity contribution < 1.29 is 9.53 Å². The van der Waals surface area contributed by atoms with Crippen molar-refractivity contribution in [2.75, 3.05) is 26.7 Å². The molecular formula is C19H30N2O2. The standard InChI is InChI=1S/C19H30N2O2/c1-13(2)18-7-6-17(10-14(18)3)23-15(4)19(22)21-9-8-16(12-21)11-20-5/h6-7,10,13,15-16,20H,8-9,11-12H2,1-5H3/t15-,16+/m1/s1. The normalized spacial score (nSPS) is 19.2. The summed E-state index contributed by atoms with van der Waals surface area (Å²) < 4.78 is 5.89. The molecule has 1 aliphatic rings. The molecule has 0 aromatic heterocycles. The molecular weight excluding hydrogens is 288 g/mol. The summed E-state index contributed by atoms with van der Waals surface area (Å²) in [6.45, 7) is 10.9. The third-order valence-corrected chi connectivity index (χ3v) is 4.61. The van der Waals surface area contributed by atoms with Gasteiger partial charge in [-0.1, -0.05) is 19.9 Å². The molecule has 1 aromatic carbocycles. The Kier molecular flexibility index (Phi) is 6.05. The molecule has 4 nitrogen and oxygen atoms in total. The van der Waals surface area contributed by atoms with E-state index >= 15 is 0 Å². The van der Waals surface area contributed by atoms with Crippen LogP contribution in [0.25, 0.3) is 0 Å². The zero-order chi connectivity index (χ0) is 17.0. The summed E-state index contributed by atoms with van der Waals surface area (Å²) in [6, 6.07) is 6.11. The third-order valence-electron chi connectivity index (χ3n) is 4.61. The molecule has 128 valence electrons. The van der Waals surface area contributed by atoms with Crippen LogP contribution in [0.3, 0.4) is 0 Å². The lowest BCUT2D eigenvalue weighted by Gasteiger charge is -2.22. The fourth-order valence-corrected chi connectivity index (χ4v) is 3.37. The minimum Gasteiger partial charge on any atom is -0.481 e. The minimum atomic E-state index is -0.437. The van der Waals surface area contributed by atoms with Crippen LogP contribution in [0.1, 0.15) is 44.2 Å². The fraction of sp³-hybridized carbons (Fsp3) is 0.632. The van der Waals surface area contributed by atoms with Gasteiger partial charge < -0.3 is 15.0 Å². The van der Waals surface area contributed by atoms with Crippen LogP contribution in [0.5, 0.6) is 5.75 Å². The van der Waals surface area contributed by atoms with Gasteiger partial charge in [-0.25, -0.2) is 0 Å². The monoisotopic (exact) mass is 318 g/mol. The SMILES string of the molecule is CNC[C@@H]1CCN(C(=O)[C@@H](C)Oc2ccc(C(C)C)c(C)c2)C1. The Labute approximate surface area is 140 Å². The quantitative estimate of drug-likeness (QED) is 0.877. The van der Waals surface area contributed by atoms with Gasteiger partial charge in [0, 0.05) is 13.1 Å². The van der Waals surface area contributed by atoms with Crippen molar-refractivity contribution in [2.24, 2.45) is 5.92 Å². The van der Waals surface area contributed by atoms with Crippen molar-refractivity contribution in [1.29, 1.82) is 0 Å². The van der Waals surface area contributed by atoms with Gasteiger partial charge in [0.1, 0.15) is 5.75 Å². The van der Waals surface area contributed by atoms with Crippen molar-refractivity contribution >= 4 is 5.91 Å². The van der Waals surface area contributed by atoms with E-state index in [4.69, 9.17) is 4.74 Å². The number of nitrogens with zero attached hydrogens (tertiary/aromatic N) is 1. The Hall–Kier alpha value is -1.55. The van der Waals surface area contributed by atoms with E-state index < -0.39 is 6.10 Å². The fourth-order valence-electron chi connectivity index (χ4n) is 3.37. The van der Waals surface area contributed by atoms with Gasteiger partial charge in [0.15, 0.2) is 6.10 Å². The summed E-state index contributed by atoms with van der Waals surface area (Å²) in [6.07, 6.45) is 0.634. The highest BCUT2D eigenvalue weighted by Crippen LogP contribution is 2.25. The first-order chi connectivity index (χ1) is 10.9. The van der Waals surface area contributed by atoms with Crippen LogP contribution in [0.15, 0.2) is 18.2 Å². The van der Waals surface area contributed by atoms with E-state index in [0.717, 1.165) is 31.8 Å².